The molecule has 0 spiro atoms. The number of carbonyl (C=O) groups is 1. The fraction of sp³-hybridized carbons (Fsp3) is 0.192. The molecule has 2 nitrogen and oxygen atoms in total. The number of hydrogen-bond acceptors (Lipinski definition) is 2. The van der Waals surface area contributed by atoms with Crippen molar-refractivity contribution in [1.29, 1.82) is 0 Å². The number of nitrogens with zero attached hydrogens (tertiary/aromatic N) is 1. The van der Waals surface area contributed by atoms with E-state index in [1.807, 2.05) is 38.4 Å². The SMILES string of the molecule is CN(C)C[C@H](Cc1ccccc1)C(=O)c1ccc2ccc3ccccc3c2c1. The van der Waals surface area contributed by atoms with E-state index in [-0.39, 0.29) is 11.7 Å². The van der Waals surface area contributed by atoms with Gasteiger partial charge in [0, 0.05) is 18.0 Å². The number of fused-ring (bicyclic) bond motifs is 3. The molecule has 0 aliphatic rings. The van der Waals surface area contributed by atoms with Crippen LogP contribution in [0.15, 0.2) is 84.9 Å². The Morgan fingerprint density at radius 2 is 1.43 bits per heavy atom. The van der Waals surface area contributed by atoms with Crippen LogP contribution >= 0.6 is 0 Å². The number of Topliss-reactive ketones (excluding diaryl/α,β-unsaturated/α-hetero) is 1. The third-order valence-corrected chi connectivity index (χ3v) is 5.31. The summed E-state index contributed by atoms with van der Waals surface area (Å²) in [4.78, 5) is 15.5. The molecule has 0 heterocycles. The molecule has 0 radical (unpaired) electrons. The Bertz CT molecular complexity index is 1110. The van der Waals surface area contributed by atoms with E-state index in [1.54, 1.807) is 0 Å². The molecule has 4 rings (SSSR count). The molecule has 0 aliphatic carbocycles. The Morgan fingerprint density at radius 3 is 2.18 bits per heavy atom. The lowest BCUT2D eigenvalue weighted by molar-refractivity contribution is 0.0897. The first-order valence-corrected chi connectivity index (χ1v) is 9.76. The molecule has 0 fully saturated rings. The van der Waals surface area contributed by atoms with Crippen molar-refractivity contribution < 1.29 is 4.79 Å². The van der Waals surface area contributed by atoms with Crippen LogP contribution < -0.4 is 0 Å². The van der Waals surface area contributed by atoms with Gasteiger partial charge in [0.2, 0.25) is 0 Å². The molecule has 0 aromatic heterocycles. The van der Waals surface area contributed by atoms with Crippen LogP contribution in [0.25, 0.3) is 21.5 Å². The Kier molecular flexibility index (Phi) is 5.23. The molecule has 4 aromatic rings. The Hall–Kier alpha value is -2.97. The molecular weight excluding hydrogens is 342 g/mol. The average molecular weight is 367 g/mol. The number of ketones is 1. The van der Waals surface area contributed by atoms with Crippen molar-refractivity contribution in [2.24, 2.45) is 5.92 Å². The molecule has 2 heteroatoms. The molecule has 0 aliphatic heterocycles. The van der Waals surface area contributed by atoms with Crippen molar-refractivity contribution in [2.45, 2.75) is 6.42 Å². The number of rotatable bonds is 6. The molecular formula is C26H25NO. The first kappa shape index (κ1) is 18.4. The summed E-state index contributed by atoms with van der Waals surface area (Å²) in [6.07, 6.45) is 0.755. The molecule has 0 bridgehead atoms. The Labute approximate surface area is 166 Å². The summed E-state index contributed by atoms with van der Waals surface area (Å²) in [5, 5.41) is 4.71. The maximum Gasteiger partial charge on any atom is 0.167 e. The lowest BCUT2D eigenvalue weighted by Crippen LogP contribution is -2.29. The van der Waals surface area contributed by atoms with E-state index in [2.05, 4.69) is 65.6 Å². The van der Waals surface area contributed by atoms with Crippen LogP contribution in [0.1, 0.15) is 15.9 Å². The highest BCUT2D eigenvalue weighted by molar-refractivity contribution is 6.10. The van der Waals surface area contributed by atoms with Gasteiger partial charge in [-0.3, -0.25) is 4.79 Å². The van der Waals surface area contributed by atoms with E-state index >= 15 is 0 Å². The number of benzene rings is 4. The molecule has 140 valence electrons. The second kappa shape index (κ2) is 7.95. The van der Waals surface area contributed by atoms with E-state index < -0.39 is 0 Å². The lowest BCUT2D eigenvalue weighted by Gasteiger charge is -2.20. The van der Waals surface area contributed by atoms with E-state index in [4.69, 9.17) is 0 Å². The monoisotopic (exact) mass is 367 g/mol. The maximum absolute atomic E-state index is 13.4. The summed E-state index contributed by atoms with van der Waals surface area (Å²) in [7, 11) is 4.05. The molecule has 0 unspecified atom stereocenters. The van der Waals surface area contributed by atoms with Crippen molar-refractivity contribution >= 4 is 27.3 Å². The van der Waals surface area contributed by atoms with Gasteiger partial charge in [0.25, 0.3) is 0 Å². The highest BCUT2D eigenvalue weighted by atomic mass is 16.1. The normalized spacial score (nSPS) is 12.5. The summed E-state index contributed by atoms with van der Waals surface area (Å²) >= 11 is 0. The minimum absolute atomic E-state index is 0.0650. The van der Waals surface area contributed by atoms with Crippen LogP contribution in [0.2, 0.25) is 0 Å². The van der Waals surface area contributed by atoms with Crippen LogP contribution in [0.5, 0.6) is 0 Å². The van der Waals surface area contributed by atoms with E-state index in [9.17, 15) is 4.79 Å². The third-order valence-electron chi connectivity index (χ3n) is 5.31. The first-order chi connectivity index (χ1) is 13.6. The quantitative estimate of drug-likeness (QED) is 0.327. The van der Waals surface area contributed by atoms with Crippen LogP contribution in [0.4, 0.5) is 0 Å². The predicted molar refractivity (Wildman–Crippen MR) is 118 cm³/mol. The van der Waals surface area contributed by atoms with E-state index in [1.165, 1.54) is 21.7 Å². The molecule has 0 saturated carbocycles. The van der Waals surface area contributed by atoms with Crippen molar-refractivity contribution in [3.63, 3.8) is 0 Å². The topological polar surface area (TPSA) is 20.3 Å². The molecule has 0 saturated heterocycles. The molecule has 1 atom stereocenters. The van der Waals surface area contributed by atoms with Gasteiger partial charge in [-0.15, -0.1) is 0 Å². The van der Waals surface area contributed by atoms with Gasteiger partial charge in [-0.1, -0.05) is 78.9 Å². The van der Waals surface area contributed by atoms with Gasteiger partial charge in [0.1, 0.15) is 0 Å². The van der Waals surface area contributed by atoms with Gasteiger partial charge in [-0.2, -0.15) is 0 Å². The smallest absolute Gasteiger partial charge is 0.167 e. The summed E-state index contributed by atoms with van der Waals surface area (Å²) in [6, 6.07) is 29.1. The number of hydrogen-bond donors (Lipinski definition) is 0. The fourth-order valence-corrected chi connectivity index (χ4v) is 3.97. The standard InChI is InChI=1S/C26H25NO/c1-27(2)18-23(16-19-8-4-3-5-9-19)26(28)22-15-14-21-13-12-20-10-6-7-11-24(20)25(21)17-22/h3-15,17,23H,16,18H2,1-2H3/t23-/m0/s1. The van der Waals surface area contributed by atoms with Crippen molar-refractivity contribution in [3.8, 4) is 0 Å². The van der Waals surface area contributed by atoms with Gasteiger partial charge in [-0.05, 0) is 53.7 Å². The molecule has 0 N–H and O–H groups in total. The first-order valence-electron chi connectivity index (χ1n) is 9.76. The fourth-order valence-electron chi connectivity index (χ4n) is 3.97. The van der Waals surface area contributed by atoms with Crippen molar-refractivity contribution in [1.82, 2.24) is 4.90 Å². The third kappa shape index (κ3) is 3.83. The zero-order valence-electron chi connectivity index (χ0n) is 16.4. The average Bonchev–Trinajstić information content (AvgIpc) is 2.72. The summed E-state index contributed by atoms with van der Waals surface area (Å²) in [5.41, 5.74) is 2.00. The van der Waals surface area contributed by atoms with Crippen LogP contribution in [-0.2, 0) is 6.42 Å². The van der Waals surface area contributed by atoms with Crippen LogP contribution in [-0.4, -0.2) is 31.3 Å². The highest BCUT2D eigenvalue weighted by Gasteiger charge is 2.22. The minimum atomic E-state index is -0.0650. The number of carbonyl (C=O) groups excluding carboxylic acids is 1. The zero-order chi connectivity index (χ0) is 19.5. The van der Waals surface area contributed by atoms with Crippen LogP contribution in [0.3, 0.4) is 0 Å². The summed E-state index contributed by atoms with van der Waals surface area (Å²) in [5.74, 6) is 0.150. The predicted octanol–water partition coefficient (Wildman–Crippen LogP) is 5.60. The van der Waals surface area contributed by atoms with Crippen molar-refractivity contribution in [2.75, 3.05) is 20.6 Å². The summed E-state index contributed by atoms with van der Waals surface area (Å²) < 4.78 is 0. The van der Waals surface area contributed by atoms with E-state index in [0.29, 0.717) is 0 Å². The van der Waals surface area contributed by atoms with E-state index in [0.717, 1.165) is 23.9 Å². The second-order valence-electron chi connectivity index (χ2n) is 7.74. The minimum Gasteiger partial charge on any atom is -0.309 e. The molecule has 0 amide bonds. The highest BCUT2D eigenvalue weighted by Crippen LogP contribution is 2.27. The largest absolute Gasteiger partial charge is 0.309 e. The Balaban J connectivity index is 1.73. The summed E-state index contributed by atoms with van der Waals surface area (Å²) in [6.45, 7) is 0.737. The van der Waals surface area contributed by atoms with Crippen molar-refractivity contribution in [3.05, 3.63) is 96.1 Å². The maximum atomic E-state index is 13.4. The lowest BCUT2D eigenvalue weighted by atomic mass is 9.89. The van der Waals surface area contributed by atoms with Gasteiger partial charge < -0.3 is 4.90 Å². The van der Waals surface area contributed by atoms with Gasteiger partial charge in [0.15, 0.2) is 5.78 Å². The molecule has 28 heavy (non-hydrogen) atoms. The zero-order valence-corrected chi connectivity index (χ0v) is 16.4. The Morgan fingerprint density at radius 1 is 0.786 bits per heavy atom. The second-order valence-corrected chi connectivity index (χ2v) is 7.74. The van der Waals surface area contributed by atoms with Gasteiger partial charge in [-0.25, -0.2) is 0 Å². The van der Waals surface area contributed by atoms with Crippen LogP contribution in [0, 0.1) is 5.92 Å². The molecule has 4 aromatic carbocycles. The van der Waals surface area contributed by atoms with Gasteiger partial charge >= 0.3 is 0 Å². The van der Waals surface area contributed by atoms with Gasteiger partial charge in [0.05, 0.1) is 0 Å².